The van der Waals surface area contributed by atoms with Crippen molar-refractivity contribution in [1.29, 1.82) is 0 Å². The summed E-state index contributed by atoms with van der Waals surface area (Å²) < 4.78 is 0.263. The molecule has 148 valence electrons. The molecule has 0 atom stereocenters. The third-order valence-electron chi connectivity index (χ3n) is 4.52. The number of hydrogen-bond acceptors (Lipinski definition) is 2. The largest absolute Gasteiger partial charge is 0.477 e. The van der Waals surface area contributed by atoms with Gasteiger partial charge in [-0.1, -0.05) is 77.6 Å². The van der Waals surface area contributed by atoms with E-state index in [9.17, 15) is 9.59 Å². The molecule has 0 spiro atoms. The molecule has 0 unspecified atom stereocenters. The summed E-state index contributed by atoms with van der Waals surface area (Å²) >= 11 is 0. The van der Waals surface area contributed by atoms with Gasteiger partial charge in [-0.15, -0.1) is 0 Å². The van der Waals surface area contributed by atoms with Crippen LogP contribution >= 0.6 is 0 Å². The summed E-state index contributed by atoms with van der Waals surface area (Å²) in [6.07, 6.45) is 16.0. The lowest BCUT2D eigenvalue weighted by Crippen LogP contribution is -2.50. The zero-order valence-corrected chi connectivity index (χ0v) is 16.8. The predicted octanol–water partition coefficient (Wildman–Crippen LogP) is 4.31. The van der Waals surface area contributed by atoms with E-state index >= 15 is 0 Å². The minimum absolute atomic E-state index is 0.0128. The van der Waals surface area contributed by atoms with Gasteiger partial charge in [-0.25, -0.2) is 4.79 Å². The van der Waals surface area contributed by atoms with Crippen molar-refractivity contribution >= 4 is 11.9 Å². The molecule has 5 heteroatoms. The monoisotopic (exact) mass is 357 g/mol. The van der Waals surface area contributed by atoms with Crippen LogP contribution < -0.4 is 5.32 Å². The maximum Gasteiger partial charge on any atom is 0.359 e. The first kappa shape index (κ1) is 23.9. The van der Waals surface area contributed by atoms with Gasteiger partial charge in [0.1, 0.15) is 0 Å². The molecule has 0 radical (unpaired) electrons. The van der Waals surface area contributed by atoms with Crippen molar-refractivity contribution < 1.29 is 19.2 Å². The summed E-state index contributed by atoms with van der Waals surface area (Å²) in [7, 11) is 3.61. The maximum absolute atomic E-state index is 11.8. The van der Waals surface area contributed by atoms with Crippen LogP contribution in [-0.4, -0.2) is 48.8 Å². The molecule has 5 nitrogen and oxygen atoms in total. The van der Waals surface area contributed by atoms with Crippen LogP contribution in [0.1, 0.15) is 90.4 Å². The Hall–Kier alpha value is -1.10. The Kier molecular flexibility index (Phi) is 14.5. The van der Waals surface area contributed by atoms with Crippen molar-refractivity contribution in [2.45, 2.75) is 90.4 Å². The molecule has 0 aromatic heterocycles. The number of aliphatic carboxylic acids is 1. The van der Waals surface area contributed by atoms with E-state index in [0.29, 0.717) is 13.1 Å². The standard InChI is InChI=1S/C20H40N2O3/c1-4-5-6-7-8-9-10-11-12-13-14-15-16-19(23)21-18-22(2,3)17-20(24)25/h4-18H2,1-3H3,(H-,21,23,24,25)/p+1. The van der Waals surface area contributed by atoms with Gasteiger partial charge in [0.25, 0.3) is 0 Å². The minimum atomic E-state index is -0.847. The molecular formula is C20H41N2O3+. The van der Waals surface area contributed by atoms with Crippen molar-refractivity contribution in [3.8, 4) is 0 Å². The van der Waals surface area contributed by atoms with Gasteiger partial charge < -0.3 is 14.9 Å². The lowest BCUT2D eigenvalue weighted by Gasteiger charge is -2.27. The second-order valence-electron chi connectivity index (χ2n) is 7.88. The molecule has 0 aliphatic carbocycles. The Balaban J connectivity index is 3.39. The minimum Gasteiger partial charge on any atom is -0.477 e. The van der Waals surface area contributed by atoms with Gasteiger partial charge in [-0.3, -0.25) is 4.79 Å². The fourth-order valence-electron chi connectivity index (χ4n) is 2.94. The molecule has 0 rings (SSSR count). The molecule has 0 heterocycles. The van der Waals surface area contributed by atoms with E-state index in [1.54, 1.807) is 14.1 Å². The Morgan fingerprint density at radius 3 is 1.68 bits per heavy atom. The second kappa shape index (κ2) is 15.2. The Morgan fingerprint density at radius 2 is 1.24 bits per heavy atom. The van der Waals surface area contributed by atoms with Crippen LogP contribution in [0.2, 0.25) is 0 Å². The molecular weight excluding hydrogens is 316 g/mol. The topological polar surface area (TPSA) is 66.4 Å². The zero-order valence-electron chi connectivity index (χ0n) is 16.8. The molecule has 0 fully saturated rings. The van der Waals surface area contributed by atoms with Gasteiger partial charge in [0.05, 0.1) is 14.1 Å². The van der Waals surface area contributed by atoms with Gasteiger partial charge in [-0.2, -0.15) is 0 Å². The molecule has 0 aromatic rings. The zero-order chi connectivity index (χ0) is 19.0. The first-order valence-corrected chi connectivity index (χ1v) is 10.2. The number of carboxylic acids is 1. The van der Waals surface area contributed by atoms with Crippen molar-refractivity contribution in [3.05, 3.63) is 0 Å². The third-order valence-corrected chi connectivity index (χ3v) is 4.52. The molecule has 0 aliphatic heterocycles. The number of carbonyl (C=O) groups excluding carboxylic acids is 1. The van der Waals surface area contributed by atoms with Crippen LogP contribution in [0, 0.1) is 0 Å². The van der Waals surface area contributed by atoms with E-state index in [2.05, 4.69) is 12.2 Å². The van der Waals surface area contributed by atoms with Crippen molar-refractivity contribution in [2.75, 3.05) is 27.3 Å². The second-order valence-corrected chi connectivity index (χ2v) is 7.88. The van der Waals surface area contributed by atoms with Crippen LogP contribution in [0.15, 0.2) is 0 Å². The smallest absolute Gasteiger partial charge is 0.359 e. The predicted molar refractivity (Wildman–Crippen MR) is 103 cm³/mol. The van der Waals surface area contributed by atoms with Gasteiger partial charge in [0.2, 0.25) is 5.91 Å². The number of quaternary nitrogens is 1. The number of carbonyl (C=O) groups is 2. The van der Waals surface area contributed by atoms with Gasteiger partial charge in [-0.05, 0) is 6.42 Å². The van der Waals surface area contributed by atoms with Crippen molar-refractivity contribution in [1.82, 2.24) is 5.32 Å². The summed E-state index contributed by atoms with van der Waals surface area (Å²) in [5.74, 6) is -0.816. The third kappa shape index (κ3) is 17.5. The highest BCUT2D eigenvalue weighted by atomic mass is 16.4. The average molecular weight is 358 g/mol. The summed E-state index contributed by atoms with van der Waals surface area (Å²) in [5, 5.41) is 11.7. The first-order valence-electron chi connectivity index (χ1n) is 10.2. The van der Waals surface area contributed by atoms with E-state index in [-0.39, 0.29) is 16.9 Å². The van der Waals surface area contributed by atoms with Crippen LogP contribution in [0.3, 0.4) is 0 Å². The lowest BCUT2D eigenvalue weighted by molar-refractivity contribution is -0.884. The van der Waals surface area contributed by atoms with Crippen LogP contribution in [-0.2, 0) is 9.59 Å². The summed E-state index contributed by atoms with van der Waals surface area (Å²) in [4.78, 5) is 22.5. The molecule has 0 bridgehead atoms. The van der Waals surface area contributed by atoms with Crippen molar-refractivity contribution in [2.24, 2.45) is 0 Å². The number of nitrogens with zero attached hydrogens (tertiary/aromatic N) is 1. The number of amides is 1. The van der Waals surface area contributed by atoms with Crippen LogP contribution in [0.5, 0.6) is 0 Å². The highest BCUT2D eigenvalue weighted by Crippen LogP contribution is 2.12. The van der Waals surface area contributed by atoms with E-state index in [4.69, 9.17) is 5.11 Å². The number of rotatable bonds is 17. The average Bonchev–Trinajstić information content (AvgIpc) is 2.53. The Morgan fingerprint density at radius 1 is 0.800 bits per heavy atom. The molecule has 0 saturated carbocycles. The number of likely N-dealkylation sites (N-methyl/N-ethyl adjacent to an activating group) is 1. The van der Waals surface area contributed by atoms with E-state index in [1.807, 2.05) is 0 Å². The number of hydrogen-bond donors (Lipinski definition) is 2. The Bertz CT molecular complexity index is 357. The lowest BCUT2D eigenvalue weighted by atomic mass is 10.0. The summed E-state index contributed by atoms with van der Waals surface area (Å²) in [6, 6.07) is 0. The first-order chi connectivity index (χ1) is 11.9. The SMILES string of the molecule is CCCCCCCCCCCCCCC(=O)NC[N+](C)(C)CC(=O)O. The number of carboxylic acid groups (broad SMARTS) is 1. The van der Waals surface area contributed by atoms with Gasteiger partial charge >= 0.3 is 5.97 Å². The fraction of sp³-hybridized carbons (Fsp3) is 0.900. The number of nitrogens with one attached hydrogen (secondary N) is 1. The van der Waals surface area contributed by atoms with Gasteiger partial charge in [0.15, 0.2) is 13.2 Å². The molecule has 25 heavy (non-hydrogen) atoms. The van der Waals surface area contributed by atoms with Gasteiger partial charge in [0, 0.05) is 6.42 Å². The maximum atomic E-state index is 11.8. The normalized spacial score (nSPS) is 11.5. The summed E-state index contributed by atoms with van der Waals surface area (Å²) in [5.41, 5.74) is 0. The Labute approximate surface area is 154 Å². The molecule has 2 N–H and O–H groups in total. The van der Waals surface area contributed by atoms with E-state index in [0.717, 1.165) is 12.8 Å². The quantitative estimate of drug-likeness (QED) is 0.231. The van der Waals surface area contributed by atoms with Crippen molar-refractivity contribution in [3.63, 3.8) is 0 Å². The highest BCUT2D eigenvalue weighted by molar-refractivity contribution is 5.75. The molecule has 0 saturated heterocycles. The van der Waals surface area contributed by atoms with Crippen LogP contribution in [0.25, 0.3) is 0 Å². The molecule has 1 amide bonds. The summed E-state index contributed by atoms with van der Waals surface area (Å²) in [6.45, 7) is 2.63. The molecule has 0 aliphatic rings. The fourth-order valence-corrected chi connectivity index (χ4v) is 2.94. The van der Waals surface area contributed by atoms with E-state index < -0.39 is 5.97 Å². The van der Waals surface area contributed by atoms with E-state index in [1.165, 1.54) is 64.2 Å². The molecule has 0 aromatic carbocycles. The van der Waals surface area contributed by atoms with Crippen LogP contribution in [0.4, 0.5) is 0 Å². The highest BCUT2D eigenvalue weighted by Gasteiger charge is 2.19. The number of unbranched alkanes of at least 4 members (excludes halogenated alkanes) is 11.